The van der Waals surface area contributed by atoms with Crippen LogP contribution in [-0.2, 0) is 6.42 Å². The lowest BCUT2D eigenvalue weighted by atomic mass is 9.96. The molecule has 2 amide bonds. The number of piperidine rings is 1. The zero-order valence-electron chi connectivity index (χ0n) is 17.6. The monoisotopic (exact) mass is 451 g/mol. The number of pyridine rings is 1. The first-order valence-electron chi connectivity index (χ1n) is 11.1. The number of aromatic nitrogens is 2. The van der Waals surface area contributed by atoms with E-state index in [4.69, 9.17) is 15.2 Å². The number of carbonyl (C=O) groups is 1. The Labute approximate surface area is 189 Å². The van der Waals surface area contributed by atoms with E-state index in [1.807, 2.05) is 24.3 Å². The van der Waals surface area contributed by atoms with E-state index >= 15 is 0 Å². The summed E-state index contributed by atoms with van der Waals surface area (Å²) in [6.45, 7) is 0.910. The van der Waals surface area contributed by atoms with E-state index in [1.165, 1.54) is 29.7 Å². The number of nitrogens with zero attached hydrogens (tertiary/aromatic N) is 3. The number of benzene rings is 1. The maximum Gasteiger partial charge on any atom is 0.312 e. The van der Waals surface area contributed by atoms with Crippen LogP contribution in [0.25, 0.3) is 10.3 Å². The summed E-state index contributed by atoms with van der Waals surface area (Å²) >= 11 is 1.49. The second kappa shape index (κ2) is 7.90. The van der Waals surface area contributed by atoms with Crippen molar-refractivity contribution < 1.29 is 14.3 Å². The molecule has 6 rings (SSSR count). The highest BCUT2D eigenvalue weighted by Crippen LogP contribution is 2.39. The molecule has 3 N–H and O–H groups in total. The largest absolute Gasteiger partial charge is 0.488 e. The molecule has 166 valence electrons. The van der Waals surface area contributed by atoms with E-state index < -0.39 is 6.03 Å². The van der Waals surface area contributed by atoms with Gasteiger partial charge in [-0.25, -0.2) is 9.78 Å². The summed E-state index contributed by atoms with van der Waals surface area (Å²) in [5.74, 6) is 1.71. The van der Waals surface area contributed by atoms with Crippen LogP contribution >= 0.6 is 11.3 Å². The summed E-state index contributed by atoms with van der Waals surface area (Å²) in [5.41, 5.74) is 7.21. The van der Waals surface area contributed by atoms with Crippen molar-refractivity contribution in [3.05, 3.63) is 42.1 Å². The molecule has 0 spiro atoms. The van der Waals surface area contributed by atoms with Crippen molar-refractivity contribution in [3.63, 3.8) is 0 Å². The van der Waals surface area contributed by atoms with Gasteiger partial charge in [-0.3, -0.25) is 4.90 Å². The number of thiazole rings is 1. The first kappa shape index (κ1) is 19.8. The SMILES string of the molecule is NC(=O)NC1C[C@H]2CC[C@@H](C1)N2CC1Cc2cc(Oc3nc4ncccc4s3)ccc2O1. The summed E-state index contributed by atoms with van der Waals surface area (Å²) < 4.78 is 13.3. The number of ether oxygens (including phenoxy) is 2. The van der Waals surface area contributed by atoms with Crippen molar-refractivity contribution in [1.82, 2.24) is 20.2 Å². The average Bonchev–Trinajstić information content (AvgIpc) is 3.41. The molecule has 32 heavy (non-hydrogen) atoms. The number of urea groups is 1. The van der Waals surface area contributed by atoms with Gasteiger partial charge in [-0.15, -0.1) is 0 Å². The van der Waals surface area contributed by atoms with Crippen molar-refractivity contribution in [1.29, 1.82) is 0 Å². The number of carbonyl (C=O) groups excluding carboxylic acids is 1. The lowest BCUT2D eigenvalue weighted by molar-refractivity contribution is 0.0728. The predicted molar refractivity (Wildman–Crippen MR) is 121 cm³/mol. The van der Waals surface area contributed by atoms with Crippen LogP contribution in [0.3, 0.4) is 0 Å². The number of fused-ring (bicyclic) bond motifs is 4. The van der Waals surface area contributed by atoms with E-state index in [9.17, 15) is 4.79 Å². The van der Waals surface area contributed by atoms with E-state index in [0.29, 0.717) is 22.9 Å². The fourth-order valence-corrected chi connectivity index (χ4v) is 6.28. The molecule has 2 fully saturated rings. The van der Waals surface area contributed by atoms with E-state index in [-0.39, 0.29) is 12.1 Å². The van der Waals surface area contributed by atoms with Crippen LogP contribution in [-0.4, -0.2) is 51.7 Å². The highest BCUT2D eigenvalue weighted by molar-refractivity contribution is 7.20. The fourth-order valence-electron chi connectivity index (χ4n) is 5.48. The van der Waals surface area contributed by atoms with Gasteiger partial charge in [0.2, 0.25) is 0 Å². The third-order valence-corrected chi connectivity index (χ3v) is 7.66. The number of nitrogens with two attached hydrogens (primary N) is 1. The van der Waals surface area contributed by atoms with Crippen molar-refractivity contribution >= 4 is 27.7 Å². The highest BCUT2D eigenvalue weighted by atomic mass is 32.1. The van der Waals surface area contributed by atoms with Gasteiger partial charge in [-0.1, -0.05) is 11.3 Å². The number of hydrogen-bond donors (Lipinski definition) is 2. The van der Waals surface area contributed by atoms with Crippen LogP contribution in [0.15, 0.2) is 36.5 Å². The van der Waals surface area contributed by atoms with Gasteiger partial charge in [0.15, 0.2) is 5.65 Å². The molecule has 3 aliphatic rings. The van der Waals surface area contributed by atoms with Gasteiger partial charge >= 0.3 is 6.03 Å². The summed E-state index contributed by atoms with van der Waals surface area (Å²) in [6.07, 6.45) is 7.03. The minimum absolute atomic E-state index is 0.135. The number of hydrogen-bond acceptors (Lipinski definition) is 7. The second-order valence-corrected chi connectivity index (χ2v) is 9.87. The topological polar surface area (TPSA) is 103 Å². The number of amides is 2. The van der Waals surface area contributed by atoms with Crippen molar-refractivity contribution in [2.24, 2.45) is 5.73 Å². The molecule has 8 nitrogen and oxygen atoms in total. The molecule has 9 heteroatoms. The number of primary amides is 1. The molecule has 2 aromatic heterocycles. The molecule has 3 aromatic rings. The zero-order valence-corrected chi connectivity index (χ0v) is 18.4. The Morgan fingerprint density at radius 1 is 1.28 bits per heavy atom. The Bertz CT molecular complexity index is 1120. The van der Waals surface area contributed by atoms with Gasteiger partial charge in [0.05, 0.1) is 4.70 Å². The average molecular weight is 452 g/mol. The lowest BCUT2D eigenvalue weighted by Crippen LogP contribution is -2.53. The molecule has 0 radical (unpaired) electrons. The zero-order chi connectivity index (χ0) is 21.7. The van der Waals surface area contributed by atoms with Crippen LogP contribution < -0.4 is 20.5 Å². The summed E-state index contributed by atoms with van der Waals surface area (Å²) in [4.78, 5) is 22.5. The quantitative estimate of drug-likeness (QED) is 0.616. The third kappa shape index (κ3) is 3.75. The van der Waals surface area contributed by atoms with E-state index in [0.717, 1.165) is 42.0 Å². The van der Waals surface area contributed by atoms with Gasteiger partial charge in [0, 0.05) is 42.9 Å². The number of nitrogens with one attached hydrogen (secondary N) is 1. The van der Waals surface area contributed by atoms with E-state index in [2.05, 4.69) is 26.3 Å². The Morgan fingerprint density at radius 3 is 2.91 bits per heavy atom. The molecule has 0 saturated carbocycles. The maximum absolute atomic E-state index is 11.2. The second-order valence-electron chi connectivity index (χ2n) is 8.88. The van der Waals surface area contributed by atoms with Crippen molar-refractivity contribution in [2.75, 3.05) is 6.54 Å². The predicted octanol–water partition coefficient (Wildman–Crippen LogP) is 3.45. The molecule has 2 saturated heterocycles. The van der Waals surface area contributed by atoms with Crippen LogP contribution in [0, 0.1) is 0 Å². The molecule has 2 bridgehead atoms. The normalized spacial score (nSPS) is 26.6. The summed E-state index contributed by atoms with van der Waals surface area (Å²) in [5, 5.41) is 3.50. The van der Waals surface area contributed by atoms with Gasteiger partial charge < -0.3 is 20.5 Å². The minimum Gasteiger partial charge on any atom is -0.488 e. The molecular formula is C23H25N5O3S. The van der Waals surface area contributed by atoms with Crippen molar-refractivity contribution in [2.45, 2.75) is 56.3 Å². The van der Waals surface area contributed by atoms with Gasteiger partial charge in [-0.2, -0.15) is 4.98 Å². The molecular weight excluding hydrogens is 426 g/mol. The van der Waals surface area contributed by atoms with Gasteiger partial charge in [0.1, 0.15) is 17.6 Å². The van der Waals surface area contributed by atoms with Gasteiger partial charge in [0.25, 0.3) is 5.19 Å². The smallest absolute Gasteiger partial charge is 0.312 e. The fraction of sp³-hybridized carbons (Fsp3) is 0.435. The van der Waals surface area contributed by atoms with Crippen LogP contribution in [0.5, 0.6) is 16.7 Å². The summed E-state index contributed by atoms with van der Waals surface area (Å²) in [6, 6.07) is 10.6. The Kier molecular flexibility index (Phi) is 4.87. The molecule has 4 atom stereocenters. The molecule has 3 aliphatic heterocycles. The molecule has 2 unspecified atom stereocenters. The minimum atomic E-state index is -0.419. The third-order valence-electron chi connectivity index (χ3n) is 6.77. The molecule has 1 aromatic carbocycles. The van der Waals surface area contributed by atoms with E-state index in [1.54, 1.807) is 6.20 Å². The lowest BCUT2D eigenvalue weighted by Gasteiger charge is -2.39. The van der Waals surface area contributed by atoms with Crippen LogP contribution in [0.4, 0.5) is 4.79 Å². The highest BCUT2D eigenvalue weighted by Gasteiger charge is 2.42. The molecule has 0 aliphatic carbocycles. The maximum atomic E-state index is 11.2. The Balaban J connectivity index is 1.10. The van der Waals surface area contributed by atoms with Crippen LogP contribution in [0.1, 0.15) is 31.2 Å². The van der Waals surface area contributed by atoms with Crippen molar-refractivity contribution in [3.8, 4) is 16.7 Å². The first-order chi connectivity index (χ1) is 15.6. The first-order valence-corrected chi connectivity index (χ1v) is 11.9. The van der Waals surface area contributed by atoms with Crippen LogP contribution in [0.2, 0.25) is 0 Å². The standard InChI is InChI=1S/C23H25N5O3S/c24-22(29)26-14-10-15-3-4-16(11-14)28(15)12-18-9-13-8-17(5-6-19(13)30-18)31-23-27-21-20(32-23)2-1-7-25-21/h1-2,5-8,14-16,18H,3-4,9-12H2,(H3,24,26,29)/t14?,15-,16+,18?. The van der Waals surface area contributed by atoms with Gasteiger partial charge in [-0.05, 0) is 56.0 Å². The Hall–Kier alpha value is -2.91. The number of rotatable bonds is 5. The summed E-state index contributed by atoms with van der Waals surface area (Å²) in [7, 11) is 0. The Morgan fingerprint density at radius 2 is 2.12 bits per heavy atom. The molecule has 5 heterocycles.